The van der Waals surface area contributed by atoms with Crippen molar-refractivity contribution in [3.8, 4) is 0 Å². The van der Waals surface area contributed by atoms with Gasteiger partial charge in [-0.1, -0.05) is 23.5 Å². The zero-order valence-corrected chi connectivity index (χ0v) is 14.0. The second-order valence-electron chi connectivity index (χ2n) is 5.16. The van der Waals surface area contributed by atoms with Crippen LogP contribution in [0.3, 0.4) is 0 Å². The third kappa shape index (κ3) is 4.39. The van der Waals surface area contributed by atoms with Crippen LogP contribution in [0.1, 0.15) is 21.9 Å². The fourth-order valence-electron chi connectivity index (χ4n) is 2.06. The van der Waals surface area contributed by atoms with E-state index in [1.807, 2.05) is 0 Å². The summed E-state index contributed by atoms with van der Waals surface area (Å²) >= 11 is 1.07. The van der Waals surface area contributed by atoms with Gasteiger partial charge < -0.3 is 9.52 Å². The molecule has 2 heterocycles. The molecule has 7 nitrogen and oxygen atoms in total. The molecule has 0 aliphatic carbocycles. The van der Waals surface area contributed by atoms with Crippen molar-refractivity contribution >= 4 is 28.2 Å². The lowest BCUT2D eigenvalue weighted by atomic mass is 10.1. The standard InChI is InChI=1S/C17H12FN3O4S/c18-11-3-1-10(2-4-11)7-12-5-6-15(25-12)13(22)8-14(23)16(24)20-17-21-19-9-26-17/h1-6,8-9,23H,7H2,(H,20,21,24)/b14-8-. The zero-order valence-electron chi connectivity index (χ0n) is 13.2. The summed E-state index contributed by atoms with van der Waals surface area (Å²) in [6.07, 6.45) is 1.14. The number of nitrogens with one attached hydrogen (secondary N) is 1. The molecule has 3 rings (SSSR count). The summed E-state index contributed by atoms with van der Waals surface area (Å²) in [5.74, 6) is -2.20. The largest absolute Gasteiger partial charge is 0.503 e. The molecular formula is C17H12FN3O4S. The number of furan rings is 1. The van der Waals surface area contributed by atoms with Crippen LogP contribution in [0.15, 0.2) is 58.2 Å². The summed E-state index contributed by atoms with van der Waals surface area (Å²) in [4.78, 5) is 23.8. The maximum absolute atomic E-state index is 12.9. The maximum atomic E-state index is 12.9. The highest BCUT2D eigenvalue weighted by Crippen LogP contribution is 2.15. The SMILES string of the molecule is O=C(Nc1nncs1)/C(O)=C/C(=O)c1ccc(Cc2ccc(F)cc2)o1. The smallest absolute Gasteiger partial charge is 0.292 e. The first-order valence-corrected chi connectivity index (χ1v) is 8.25. The highest BCUT2D eigenvalue weighted by atomic mass is 32.1. The lowest BCUT2D eigenvalue weighted by Crippen LogP contribution is -2.15. The van der Waals surface area contributed by atoms with Gasteiger partial charge in [-0.2, -0.15) is 0 Å². The molecule has 1 aromatic carbocycles. The number of anilines is 1. The molecule has 0 spiro atoms. The zero-order chi connectivity index (χ0) is 18.5. The highest BCUT2D eigenvalue weighted by molar-refractivity contribution is 7.13. The van der Waals surface area contributed by atoms with Crippen LogP contribution in [0.25, 0.3) is 0 Å². The fraction of sp³-hybridized carbons (Fsp3) is 0.0588. The van der Waals surface area contributed by atoms with E-state index >= 15 is 0 Å². The first-order valence-electron chi connectivity index (χ1n) is 7.37. The molecule has 0 radical (unpaired) electrons. The molecule has 9 heteroatoms. The Hall–Kier alpha value is -3.33. The lowest BCUT2D eigenvalue weighted by molar-refractivity contribution is -0.115. The van der Waals surface area contributed by atoms with Gasteiger partial charge in [0.1, 0.15) is 17.1 Å². The molecule has 0 fully saturated rings. The van der Waals surface area contributed by atoms with Crippen LogP contribution in [0.5, 0.6) is 0 Å². The van der Waals surface area contributed by atoms with Gasteiger partial charge in [-0.3, -0.25) is 14.9 Å². The van der Waals surface area contributed by atoms with Gasteiger partial charge in [-0.05, 0) is 29.8 Å². The number of amides is 1. The van der Waals surface area contributed by atoms with Crippen LogP contribution < -0.4 is 5.32 Å². The van der Waals surface area contributed by atoms with Crippen molar-refractivity contribution in [1.29, 1.82) is 0 Å². The molecule has 26 heavy (non-hydrogen) atoms. The number of aliphatic hydroxyl groups excluding tert-OH is 1. The molecule has 3 aromatic rings. The van der Waals surface area contributed by atoms with E-state index in [4.69, 9.17) is 4.42 Å². The van der Waals surface area contributed by atoms with Crippen LogP contribution in [-0.2, 0) is 11.2 Å². The van der Waals surface area contributed by atoms with E-state index in [0.717, 1.165) is 23.0 Å². The molecule has 132 valence electrons. The summed E-state index contributed by atoms with van der Waals surface area (Å²) in [5.41, 5.74) is 2.22. The van der Waals surface area contributed by atoms with Crippen LogP contribution in [0, 0.1) is 5.82 Å². The Bertz CT molecular complexity index is 949. The third-order valence-electron chi connectivity index (χ3n) is 3.28. The molecular weight excluding hydrogens is 361 g/mol. The molecule has 2 aromatic heterocycles. The molecule has 0 saturated heterocycles. The summed E-state index contributed by atoms with van der Waals surface area (Å²) in [7, 11) is 0. The van der Waals surface area contributed by atoms with E-state index in [1.54, 1.807) is 18.2 Å². The van der Waals surface area contributed by atoms with Crippen molar-refractivity contribution in [2.75, 3.05) is 5.32 Å². The van der Waals surface area contributed by atoms with Gasteiger partial charge in [0.25, 0.3) is 5.91 Å². The van der Waals surface area contributed by atoms with Gasteiger partial charge in [0, 0.05) is 12.5 Å². The summed E-state index contributed by atoms with van der Waals surface area (Å²) in [5, 5.41) is 19.3. The quantitative estimate of drug-likeness (QED) is 0.391. The van der Waals surface area contributed by atoms with Crippen LogP contribution >= 0.6 is 11.3 Å². The van der Waals surface area contributed by atoms with Crippen molar-refractivity contribution in [2.24, 2.45) is 0 Å². The average molecular weight is 373 g/mol. The Kier molecular flexibility index (Phi) is 5.18. The Balaban J connectivity index is 1.65. The van der Waals surface area contributed by atoms with Gasteiger partial charge in [-0.15, -0.1) is 10.2 Å². The molecule has 0 aliphatic heterocycles. The number of carbonyl (C=O) groups is 2. The molecule has 1 amide bonds. The first-order chi connectivity index (χ1) is 12.5. The van der Waals surface area contributed by atoms with E-state index in [-0.39, 0.29) is 16.7 Å². The summed E-state index contributed by atoms with van der Waals surface area (Å²) in [6, 6.07) is 8.94. The third-order valence-corrected chi connectivity index (χ3v) is 3.88. The van der Waals surface area contributed by atoms with E-state index < -0.39 is 17.4 Å². The van der Waals surface area contributed by atoms with Gasteiger partial charge >= 0.3 is 0 Å². The topological polar surface area (TPSA) is 105 Å². The molecule has 2 N–H and O–H groups in total. The predicted molar refractivity (Wildman–Crippen MR) is 91.5 cm³/mol. The van der Waals surface area contributed by atoms with Crippen molar-refractivity contribution in [3.63, 3.8) is 0 Å². The summed E-state index contributed by atoms with van der Waals surface area (Å²) < 4.78 is 18.3. The van der Waals surface area contributed by atoms with Gasteiger partial charge in [0.2, 0.25) is 10.9 Å². The minimum Gasteiger partial charge on any atom is -0.503 e. The Morgan fingerprint density at radius 2 is 2.00 bits per heavy atom. The number of hydrogen-bond acceptors (Lipinski definition) is 7. The number of halogens is 1. The Morgan fingerprint density at radius 3 is 2.69 bits per heavy atom. The number of nitrogens with zero attached hydrogens (tertiary/aromatic N) is 2. The monoisotopic (exact) mass is 373 g/mol. The number of aliphatic hydroxyl groups is 1. The lowest BCUT2D eigenvalue weighted by Gasteiger charge is -1.99. The van der Waals surface area contributed by atoms with Crippen LogP contribution in [0.4, 0.5) is 9.52 Å². The molecule has 0 unspecified atom stereocenters. The Labute approximate surface area is 150 Å². The first kappa shape index (κ1) is 17.5. The molecule has 0 atom stereocenters. The van der Waals surface area contributed by atoms with E-state index in [1.165, 1.54) is 23.7 Å². The van der Waals surface area contributed by atoms with Gasteiger partial charge in [0.15, 0.2) is 11.5 Å². The molecule has 0 saturated carbocycles. The number of carbonyl (C=O) groups excluding carboxylic acids is 2. The van der Waals surface area contributed by atoms with Gasteiger partial charge in [-0.25, -0.2) is 4.39 Å². The normalized spacial score (nSPS) is 11.3. The minimum absolute atomic E-state index is 0.0302. The highest BCUT2D eigenvalue weighted by Gasteiger charge is 2.15. The van der Waals surface area contributed by atoms with E-state index in [2.05, 4.69) is 15.5 Å². The number of allylic oxidation sites excluding steroid dienone is 1. The van der Waals surface area contributed by atoms with Crippen molar-refractivity contribution < 1.29 is 23.5 Å². The Morgan fingerprint density at radius 1 is 1.23 bits per heavy atom. The van der Waals surface area contributed by atoms with Crippen molar-refractivity contribution in [1.82, 2.24) is 10.2 Å². The number of benzene rings is 1. The number of ketones is 1. The summed E-state index contributed by atoms with van der Waals surface area (Å²) in [6.45, 7) is 0. The van der Waals surface area contributed by atoms with Crippen LogP contribution in [0.2, 0.25) is 0 Å². The van der Waals surface area contributed by atoms with Crippen LogP contribution in [-0.4, -0.2) is 27.0 Å². The fourth-order valence-corrected chi connectivity index (χ4v) is 2.50. The van der Waals surface area contributed by atoms with E-state index in [9.17, 15) is 19.1 Å². The second kappa shape index (κ2) is 7.70. The molecule has 0 bridgehead atoms. The average Bonchev–Trinajstić information content (AvgIpc) is 3.29. The predicted octanol–water partition coefficient (Wildman–Crippen LogP) is 3.12. The van der Waals surface area contributed by atoms with Gasteiger partial charge in [0.05, 0.1) is 0 Å². The van der Waals surface area contributed by atoms with Crippen molar-refractivity contribution in [3.05, 3.63) is 76.6 Å². The number of hydrogen-bond donors (Lipinski definition) is 2. The second-order valence-corrected chi connectivity index (χ2v) is 5.99. The number of aromatic nitrogens is 2. The molecule has 0 aliphatic rings. The van der Waals surface area contributed by atoms with E-state index in [0.29, 0.717) is 12.2 Å². The number of rotatable bonds is 6. The minimum atomic E-state index is -0.881. The van der Waals surface area contributed by atoms with Crippen molar-refractivity contribution in [2.45, 2.75) is 6.42 Å². The maximum Gasteiger partial charge on any atom is 0.292 e.